The second-order valence-electron chi connectivity index (χ2n) is 5.52. The molecule has 0 radical (unpaired) electrons. The highest BCUT2D eigenvalue weighted by atomic mass is 32.2. The summed E-state index contributed by atoms with van der Waals surface area (Å²) < 4.78 is 38.0. The van der Waals surface area contributed by atoms with Crippen LogP contribution in [0.15, 0.2) is 60.0 Å². The van der Waals surface area contributed by atoms with Gasteiger partial charge in [-0.25, -0.2) is 12.8 Å². The average Bonchev–Trinajstić information content (AvgIpc) is 2.66. The molecule has 0 saturated carbocycles. The molecule has 2 N–H and O–H groups in total. The van der Waals surface area contributed by atoms with Crippen molar-refractivity contribution in [2.45, 2.75) is 0 Å². The van der Waals surface area contributed by atoms with Gasteiger partial charge in [0.05, 0.1) is 6.54 Å². The maximum Gasteiger partial charge on any atom is 0.269 e. The molecule has 2 rings (SSSR count). The number of hydrogen-bond acceptors (Lipinski definition) is 4. The fourth-order valence-corrected chi connectivity index (χ4v) is 2.80. The van der Waals surface area contributed by atoms with Crippen LogP contribution in [0.1, 0.15) is 15.9 Å². The minimum absolute atomic E-state index is 0.142. The minimum Gasteiger partial charge on any atom is -0.272 e. The van der Waals surface area contributed by atoms with Crippen LogP contribution in [0.2, 0.25) is 0 Å². The molecule has 2 aromatic carbocycles. The van der Waals surface area contributed by atoms with Gasteiger partial charge in [-0.05, 0) is 35.9 Å². The molecule has 7 nitrogen and oxygen atoms in total. The molecule has 0 atom stereocenters. The van der Waals surface area contributed by atoms with Crippen LogP contribution in [0, 0.1) is 5.82 Å². The lowest BCUT2D eigenvalue weighted by atomic mass is 10.2. The number of carbonyl (C=O) groups is 2. The number of benzene rings is 2. The van der Waals surface area contributed by atoms with Crippen molar-refractivity contribution >= 4 is 27.9 Å². The van der Waals surface area contributed by atoms with Crippen LogP contribution < -0.4 is 10.9 Å². The Bertz CT molecular complexity index is 929. The first-order valence-corrected chi connectivity index (χ1v) is 9.32. The molecule has 0 aromatic heterocycles. The third kappa shape index (κ3) is 6.32. The maximum atomic E-state index is 12.8. The Morgan fingerprint density at radius 3 is 2.30 bits per heavy atom. The van der Waals surface area contributed by atoms with Gasteiger partial charge in [0.1, 0.15) is 5.82 Å². The first-order valence-electron chi connectivity index (χ1n) is 7.82. The fraction of sp³-hybridized carbons (Fsp3) is 0.111. The Balaban J connectivity index is 1.87. The molecule has 0 spiro atoms. The average molecular weight is 391 g/mol. The normalized spacial score (nSPS) is 11.5. The maximum absolute atomic E-state index is 12.8. The van der Waals surface area contributed by atoms with Gasteiger partial charge in [0.25, 0.3) is 11.8 Å². The predicted molar refractivity (Wildman–Crippen MR) is 99.0 cm³/mol. The Morgan fingerprint density at radius 1 is 1.04 bits per heavy atom. The van der Waals surface area contributed by atoms with Crippen molar-refractivity contribution in [2.75, 3.05) is 13.6 Å². The van der Waals surface area contributed by atoms with Gasteiger partial charge in [-0.1, -0.05) is 30.3 Å². The molecule has 0 aliphatic heterocycles. The van der Waals surface area contributed by atoms with E-state index in [0.29, 0.717) is 5.56 Å². The number of carbonyl (C=O) groups excluding carboxylic acids is 2. The van der Waals surface area contributed by atoms with Crippen LogP contribution in [0.25, 0.3) is 6.08 Å². The number of sulfonamides is 1. The van der Waals surface area contributed by atoms with Gasteiger partial charge >= 0.3 is 0 Å². The van der Waals surface area contributed by atoms with Crippen LogP contribution in [0.4, 0.5) is 4.39 Å². The summed E-state index contributed by atoms with van der Waals surface area (Å²) in [7, 11) is -2.57. The van der Waals surface area contributed by atoms with E-state index in [1.807, 2.05) is 6.07 Å². The Morgan fingerprint density at radius 2 is 1.67 bits per heavy atom. The van der Waals surface area contributed by atoms with Crippen LogP contribution >= 0.6 is 0 Å². The third-order valence-electron chi connectivity index (χ3n) is 3.45. The van der Waals surface area contributed by atoms with Gasteiger partial charge in [0.2, 0.25) is 10.0 Å². The van der Waals surface area contributed by atoms with Gasteiger partial charge in [-0.3, -0.25) is 20.4 Å². The number of nitrogens with one attached hydrogen (secondary N) is 2. The highest BCUT2D eigenvalue weighted by Gasteiger charge is 2.18. The molecule has 142 valence electrons. The van der Waals surface area contributed by atoms with Crippen LogP contribution in [0.3, 0.4) is 0 Å². The van der Waals surface area contributed by atoms with E-state index in [1.54, 1.807) is 24.3 Å². The number of rotatable bonds is 6. The van der Waals surface area contributed by atoms with E-state index >= 15 is 0 Å². The highest BCUT2D eigenvalue weighted by Crippen LogP contribution is 2.06. The van der Waals surface area contributed by atoms with Crippen molar-refractivity contribution in [1.82, 2.24) is 15.2 Å². The smallest absolute Gasteiger partial charge is 0.269 e. The summed E-state index contributed by atoms with van der Waals surface area (Å²) >= 11 is 0. The van der Waals surface area contributed by atoms with Crippen molar-refractivity contribution in [3.05, 3.63) is 76.9 Å². The quantitative estimate of drug-likeness (QED) is 0.730. The van der Waals surface area contributed by atoms with E-state index in [1.165, 1.54) is 25.3 Å². The summed E-state index contributed by atoms with van der Waals surface area (Å²) in [4.78, 5) is 23.7. The van der Waals surface area contributed by atoms with Crippen LogP contribution in [-0.4, -0.2) is 38.1 Å². The van der Waals surface area contributed by atoms with E-state index in [2.05, 4.69) is 10.9 Å². The third-order valence-corrected chi connectivity index (χ3v) is 4.93. The molecule has 0 fully saturated rings. The van der Waals surface area contributed by atoms with E-state index in [9.17, 15) is 22.4 Å². The van der Waals surface area contributed by atoms with E-state index in [0.717, 1.165) is 21.8 Å². The van der Waals surface area contributed by atoms with Crippen molar-refractivity contribution < 1.29 is 22.4 Å². The molecule has 0 heterocycles. The molecular weight excluding hydrogens is 373 g/mol. The first-order chi connectivity index (χ1) is 12.8. The largest absolute Gasteiger partial charge is 0.272 e. The van der Waals surface area contributed by atoms with E-state index in [4.69, 9.17) is 0 Å². The zero-order chi connectivity index (χ0) is 19.9. The summed E-state index contributed by atoms with van der Waals surface area (Å²) in [5.41, 5.74) is 5.08. The van der Waals surface area contributed by atoms with Gasteiger partial charge in [-0.15, -0.1) is 0 Å². The minimum atomic E-state index is -3.81. The van der Waals surface area contributed by atoms with E-state index < -0.39 is 34.2 Å². The number of likely N-dealkylation sites (N-methyl/N-ethyl adjacent to an activating group) is 1. The molecule has 9 heteroatoms. The number of hydrazine groups is 1. The Labute approximate surface area is 156 Å². The lowest BCUT2D eigenvalue weighted by Gasteiger charge is -2.14. The molecule has 2 aromatic rings. The summed E-state index contributed by atoms with van der Waals surface area (Å²) in [6.45, 7) is -0.495. The Hall–Kier alpha value is -3.04. The number of nitrogens with zero attached hydrogens (tertiary/aromatic N) is 1. The highest BCUT2D eigenvalue weighted by molar-refractivity contribution is 7.92. The second kappa shape index (κ2) is 9.06. The lowest BCUT2D eigenvalue weighted by Crippen LogP contribution is -2.46. The topological polar surface area (TPSA) is 95.6 Å². The number of amides is 2. The Kier molecular flexibility index (Phi) is 6.80. The van der Waals surface area contributed by atoms with Gasteiger partial charge in [-0.2, -0.15) is 4.31 Å². The molecule has 27 heavy (non-hydrogen) atoms. The molecule has 0 bridgehead atoms. The van der Waals surface area contributed by atoms with Crippen LogP contribution in [0.5, 0.6) is 0 Å². The number of hydrogen-bond donors (Lipinski definition) is 2. The monoisotopic (exact) mass is 391 g/mol. The van der Waals surface area contributed by atoms with Crippen molar-refractivity contribution in [1.29, 1.82) is 0 Å². The van der Waals surface area contributed by atoms with Gasteiger partial charge < -0.3 is 0 Å². The van der Waals surface area contributed by atoms with Crippen LogP contribution in [-0.2, 0) is 14.8 Å². The SMILES string of the molecule is CN(CC(=O)NNC(=O)c1ccc(F)cc1)S(=O)(=O)/C=C/c1ccccc1. The fourth-order valence-electron chi connectivity index (χ4n) is 1.96. The van der Waals surface area contributed by atoms with Gasteiger partial charge in [0.15, 0.2) is 0 Å². The van der Waals surface area contributed by atoms with Crippen molar-refractivity contribution in [2.24, 2.45) is 0 Å². The summed E-state index contributed by atoms with van der Waals surface area (Å²) in [5.74, 6) is -1.88. The van der Waals surface area contributed by atoms with Gasteiger partial charge in [0, 0.05) is 18.0 Å². The zero-order valence-corrected chi connectivity index (χ0v) is 15.2. The lowest BCUT2D eigenvalue weighted by molar-refractivity contribution is -0.121. The predicted octanol–water partition coefficient (Wildman–Crippen LogP) is 1.52. The zero-order valence-electron chi connectivity index (χ0n) is 14.4. The van der Waals surface area contributed by atoms with E-state index in [-0.39, 0.29) is 5.56 Å². The molecule has 0 saturated heterocycles. The summed E-state index contributed by atoms with van der Waals surface area (Å²) in [5, 5.41) is 0.993. The molecular formula is C18H18FN3O4S. The molecule has 0 unspecified atom stereocenters. The molecule has 0 aliphatic carbocycles. The number of halogens is 1. The van der Waals surface area contributed by atoms with Crippen molar-refractivity contribution in [3.63, 3.8) is 0 Å². The van der Waals surface area contributed by atoms with Crippen molar-refractivity contribution in [3.8, 4) is 0 Å². The summed E-state index contributed by atoms with van der Waals surface area (Å²) in [6, 6.07) is 13.5. The summed E-state index contributed by atoms with van der Waals surface area (Å²) in [6.07, 6.45) is 1.42. The second-order valence-corrected chi connectivity index (χ2v) is 7.45. The first kappa shape index (κ1) is 20.3. The molecule has 2 amide bonds. The standard InChI is InChI=1S/C18H18FN3O4S/c1-22(27(25,26)12-11-14-5-3-2-4-6-14)13-17(23)20-21-18(24)15-7-9-16(19)10-8-15/h2-12H,13H2,1H3,(H,20,23)(H,21,24)/b12-11+. The molecule has 0 aliphatic rings.